The van der Waals surface area contributed by atoms with Gasteiger partial charge in [0.15, 0.2) is 11.6 Å². The highest BCUT2D eigenvalue weighted by Gasteiger charge is 2.15. The van der Waals surface area contributed by atoms with Crippen LogP contribution in [0.4, 0.5) is 4.39 Å². The molecule has 0 spiro atoms. The van der Waals surface area contributed by atoms with Crippen LogP contribution in [-0.2, 0) is 0 Å². The molecule has 14 heavy (non-hydrogen) atoms. The van der Waals surface area contributed by atoms with Gasteiger partial charge < -0.3 is 10.5 Å². The Balaban J connectivity index is 3.28. The van der Waals surface area contributed by atoms with Gasteiger partial charge in [-0.15, -0.1) is 0 Å². The van der Waals surface area contributed by atoms with Gasteiger partial charge in [0.1, 0.15) is 0 Å². The number of nitrogens with two attached hydrogens (primary N) is 1. The fourth-order valence-corrected chi connectivity index (χ4v) is 1.62. The summed E-state index contributed by atoms with van der Waals surface area (Å²) in [7, 11) is 0. The first-order valence-electron chi connectivity index (χ1n) is 3.98. The molecule has 1 aromatic carbocycles. The molecule has 0 bridgehead atoms. The van der Waals surface area contributed by atoms with Crippen LogP contribution in [0, 0.1) is 9.39 Å². The Labute approximate surface area is 94.6 Å². The molecule has 0 saturated heterocycles. The van der Waals surface area contributed by atoms with Gasteiger partial charge in [-0.2, -0.15) is 0 Å². The van der Waals surface area contributed by atoms with Gasteiger partial charge in [-0.1, -0.05) is 0 Å². The maximum atomic E-state index is 13.3. The number of primary amides is 1. The zero-order valence-corrected chi connectivity index (χ0v) is 9.67. The lowest BCUT2D eigenvalue weighted by Crippen LogP contribution is -2.14. The lowest BCUT2D eigenvalue weighted by molar-refractivity contribution is 0.0995. The molecule has 0 aliphatic rings. The minimum Gasteiger partial charge on any atom is -0.490 e. The third-order valence-corrected chi connectivity index (χ3v) is 2.19. The van der Waals surface area contributed by atoms with Crippen LogP contribution in [0.25, 0.3) is 0 Å². The van der Waals surface area contributed by atoms with Crippen molar-refractivity contribution in [1.82, 2.24) is 0 Å². The van der Waals surface area contributed by atoms with Crippen molar-refractivity contribution in [3.63, 3.8) is 0 Å². The predicted octanol–water partition coefficient (Wildman–Crippen LogP) is 1.93. The molecule has 0 atom stereocenters. The molecule has 2 N–H and O–H groups in total. The Kier molecular flexibility index (Phi) is 3.68. The van der Waals surface area contributed by atoms with E-state index in [1.807, 2.05) is 22.6 Å². The quantitative estimate of drug-likeness (QED) is 0.868. The highest BCUT2D eigenvalue weighted by Crippen LogP contribution is 2.25. The molecule has 1 rings (SSSR count). The number of hydrogen-bond acceptors (Lipinski definition) is 2. The van der Waals surface area contributed by atoms with Crippen LogP contribution in [0.3, 0.4) is 0 Å². The van der Waals surface area contributed by atoms with Gasteiger partial charge in [0.05, 0.1) is 12.2 Å². The van der Waals surface area contributed by atoms with Crippen molar-refractivity contribution in [2.24, 2.45) is 5.73 Å². The summed E-state index contributed by atoms with van der Waals surface area (Å²) in [6.45, 7) is 2.00. The number of halogens is 2. The largest absolute Gasteiger partial charge is 0.490 e. The van der Waals surface area contributed by atoms with Gasteiger partial charge in [-0.3, -0.25) is 4.79 Å². The van der Waals surface area contributed by atoms with Crippen LogP contribution < -0.4 is 10.5 Å². The standard InChI is InChI=1S/C9H9FINO2/c1-2-14-8-6(9(12)13)3-5(11)4-7(8)10/h3-4H,2H2,1H3,(H2,12,13). The first kappa shape index (κ1) is 11.2. The summed E-state index contributed by atoms with van der Waals surface area (Å²) in [4.78, 5) is 11.0. The predicted molar refractivity (Wildman–Crippen MR) is 58.8 cm³/mol. The molecule has 0 aromatic heterocycles. The second-order valence-electron chi connectivity index (χ2n) is 2.56. The van der Waals surface area contributed by atoms with Crippen LogP contribution in [-0.4, -0.2) is 12.5 Å². The monoisotopic (exact) mass is 309 g/mol. The molecular formula is C9H9FINO2. The average Bonchev–Trinajstić information content (AvgIpc) is 2.09. The van der Waals surface area contributed by atoms with Gasteiger partial charge >= 0.3 is 0 Å². The highest BCUT2D eigenvalue weighted by atomic mass is 127. The van der Waals surface area contributed by atoms with Crippen LogP contribution >= 0.6 is 22.6 Å². The maximum absolute atomic E-state index is 13.3. The number of rotatable bonds is 3. The fraction of sp³-hybridized carbons (Fsp3) is 0.222. The first-order chi connectivity index (χ1) is 6.56. The molecule has 5 heteroatoms. The van der Waals surface area contributed by atoms with E-state index in [0.29, 0.717) is 3.57 Å². The summed E-state index contributed by atoms with van der Waals surface area (Å²) in [5, 5.41) is 0. The highest BCUT2D eigenvalue weighted by molar-refractivity contribution is 14.1. The molecule has 0 heterocycles. The summed E-state index contributed by atoms with van der Waals surface area (Å²) >= 11 is 1.91. The molecule has 0 aliphatic carbocycles. The average molecular weight is 309 g/mol. The molecule has 3 nitrogen and oxygen atoms in total. The van der Waals surface area contributed by atoms with Gasteiger partial charge in [0.25, 0.3) is 5.91 Å². The van der Waals surface area contributed by atoms with Gasteiger partial charge in [-0.05, 0) is 41.6 Å². The summed E-state index contributed by atoms with van der Waals surface area (Å²) in [6.07, 6.45) is 0. The summed E-state index contributed by atoms with van der Waals surface area (Å²) in [5.41, 5.74) is 5.17. The zero-order chi connectivity index (χ0) is 10.7. The van der Waals surface area contributed by atoms with Crippen molar-refractivity contribution >= 4 is 28.5 Å². The lowest BCUT2D eigenvalue weighted by atomic mass is 10.2. The number of amides is 1. The van der Waals surface area contributed by atoms with Crippen LogP contribution in [0.5, 0.6) is 5.75 Å². The molecule has 0 fully saturated rings. The van der Waals surface area contributed by atoms with Crippen LogP contribution in [0.1, 0.15) is 17.3 Å². The van der Waals surface area contributed by atoms with Crippen molar-refractivity contribution in [3.8, 4) is 5.75 Å². The summed E-state index contributed by atoms with van der Waals surface area (Å²) in [6, 6.07) is 2.79. The third-order valence-electron chi connectivity index (χ3n) is 1.56. The van der Waals surface area contributed by atoms with E-state index in [2.05, 4.69) is 0 Å². The van der Waals surface area contributed by atoms with E-state index in [-0.39, 0.29) is 17.9 Å². The molecule has 76 valence electrons. The van der Waals surface area contributed by atoms with E-state index in [4.69, 9.17) is 10.5 Å². The Bertz CT molecular complexity index is 368. The van der Waals surface area contributed by atoms with Gasteiger partial charge in [0, 0.05) is 3.57 Å². The first-order valence-corrected chi connectivity index (χ1v) is 5.05. The van der Waals surface area contributed by atoms with Crippen molar-refractivity contribution in [3.05, 3.63) is 27.1 Å². The SMILES string of the molecule is CCOc1c(F)cc(I)cc1C(N)=O. The van der Waals surface area contributed by atoms with E-state index in [1.54, 1.807) is 6.92 Å². The van der Waals surface area contributed by atoms with Crippen LogP contribution in [0.2, 0.25) is 0 Å². The summed E-state index contributed by atoms with van der Waals surface area (Å²) in [5.74, 6) is -1.32. The van der Waals surface area contributed by atoms with Gasteiger partial charge in [-0.25, -0.2) is 4.39 Å². The van der Waals surface area contributed by atoms with E-state index >= 15 is 0 Å². The molecule has 0 aliphatic heterocycles. The molecular weight excluding hydrogens is 300 g/mol. The lowest BCUT2D eigenvalue weighted by Gasteiger charge is -2.09. The van der Waals surface area contributed by atoms with E-state index in [9.17, 15) is 9.18 Å². The number of carbonyl (C=O) groups excluding carboxylic acids is 1. The van der Waals surface area contributed by atoms with Crippen molar-refractivity contribution < 1.29 is 13.9 Å². The molecule has 0 radical (unpaired) electrons. The minimum atomic E-state index is -0.689. The Morgan fingerprint density at radius 1 is 1.64 bits per heavy atom. The number of benzene rings is 1. The second-order valence-corrected chi connectivity index (χ2v) is 3.81. The molecule has 0 unspecified atom stereocenters. The number of carbonyl (C=O) groups is 1. The Morgan fingerprint density at radius 2 is 2.29 bits per heavy atom. The second kappa shape index (κ2) is 4.59. The van der Waals surface area contributed by atoms with Crippen molar-refractivity contribution in [2.75, 3.05) is 6.61 Å². The minimum absolute atomic E-state index is 0.0691. The maximum Gasteiger partial charge on any atom is 0.252 e. The molecule has 1 aromatic rings. The number of ether oxygens (including phenoxy) is 1. The summed E-state index contributed by atoms with van der Waals surface area (Å²) < 4.78 is 18.9. The zero-order valence-electron chi connectivity index (χ0n) is 7.51. The molecule has 1 amide bonds. The fourth-order valence-electron chi connectivity index (χ4n) is 1.03. The van der Waals surface area contributed by atoms with Crippen LogP contribution in [0.15, 0.2) is 12.1 Å². The van der Waals surface area contributed by atoms with E-state index in [0.717, 1.165) is 0 Å². The topological polar surface area (TPSA) is 52.3 Å². The smallest absolute Gasteiger partial charge is 0.252 e. The molecule has 0 saturated carbocycles. The Hall–Kier alpha value is -0.850. The van der Waals surface area contributed by atoms with E-state index < -0.39 is 11.7 Å². The van der Waals surface area contributed by atoms with Crippen molar-refractivity contribution in [2.45, 2.75) is 6.92 Å². The van der Waals surface area contributed by atoms with E-state index in [1.165, 1.54) is 12.1 Å². The number of hydrogen-bond donors (Lipinski definition) is 1. The van der Waals surface area contributed by atoms with Crippen molar-refractivity contribution in [1.29, 1.82) is 0 Å². The normalized spacial score (nSPS) is 9.93. The third kappa shape index (κ3) is 2.34. The Morgan fingerprint density at radius 3 is 2.79 bits per heavy atom. The van der Waals surface area contributed by atoms with Gasteiger partial charge in [0.2, 0.25) is 0 Å².